The molecule has 0 amide bonds. The van der Waals surface area contributed by atoms with E-state index in [0.29, 0.717) is 24.2 Å². The Labute approximate surface area is 168 Å². The number of sulfone groups is 1. The Morgan fingerprint density at radius 2 is 2.11 bits per heavy atom. The van der Waals surface area contributed by atoms with Gasteiger partial charge in [0.2, 0.25) is 0 Å². The number of para-hydroxylation sites is 1. The van der Waals surface area contributed by atoms with Crippen LogP contribution in [0.5, 0.6) is 5.75 Å². The summed E-state index contributed by atoms with van der Waals surface area (Å²) in [4.78, 5) is 1.97. The quantitative estimate of drug-likeness (QED) is 0.656. The third kappa shape index (κ3) is 5.81. The van der Waals surface area contributed by atoms with E-state index in [4.69, 9.17) is 9.15 Å². The Morgan fingerprint density at radius 1 is 1.33 bits per heavy atom. The summed E-state index contributed by atoms with van der Waals surface area (Å²) in [6.07, 6.45) is -0.179. The van der Waals surface area contributed by atoms with Crippen molar-refractivity contribution in [1.29, 1.82) is 0 Å². The fraction of sp³-hybridized carbons (Fsp3) is 0.474. The van der Waals surface area contributed by atoms with Gasteiger partial charge in [-0.3, -0.25) is 4.90 Å². The summed E-state index contributed by atoms with van der Waals surface area (Å²) in [5.41, 5.74) is 1.00. The zero-order chi connectivity index (χ0) is 19.4. The number of aliphatic hydroxyl groups excluding tert-OH is 1. The second-order valence-corrected chi connectivity index (χ2v) is 9.93. The number of halogens is 1. The number of benzene rings is 1. The second kappa shape index (κ2) is 8.77. The van der Waals surface area contributed by atoms with Crippen molar-refractivity contribution in [3.8, 4) is 5.75 Å². The summed E-state index contributed by atoms with van der Waals surface area (Å²) in [6.45, 7) is 2.84. The van der Waals surface area contributed by atoms with E-state index in [9.17, 15) is 13.5 Å². The van der Waals surface area contributed by atoms with Gasteiger partial charge in [0, 0.05) is 12.6 Å². The van der Waals surface area contributed by atoms with Crippen LogP contribution in [0.1, 0.15) is 17.7 Å². The summed E-state index contributed by atoms with van der Waals surface area (Å²) in [5, 5.41) is 10.5. The Hall–Kier alpha value is -1.35. The molecule has 8 heteroatoms. The third-order valence-electron chi connectivity index (χ3n) is 4.68. The number of rotatable bonds is 8. The highest BCUT2D eigenvalue weighted by molar-refractivity contribution is 9.10. The molecule has 2 aromatic rings. The molecule has 0 saturated carbocycles. The van der Waals surface area contributed by atoms with Gasteiger partial charge in [0.05, 0.1) is 18.1 Å². The summed E-state index contributed by atoms with van der Waals surface area (Å²) in [6, 6.07) is 11.2. The van der Waals surface area contributed by atoms with E-state index in [1.54, 1.807) is 6.07 Å². The largest absolute Gasteiger partial charge is 0.491 e. The van der Waals surface area contributed by atoms with Gasteiger partial charge in [-0.25, -0.2) is 8.42 Å². The smallest absolute Gasteiger partial charge is 0.169 e. The van der Waals surface area contributed by atoms with Crippen LogP contribution in [0.15, 0.2) is 45.5 Å². The van der Waals surface area contributed by atoms with Gasteiger partial charge in [0.1, 0.15) is 24.2 Å². The monoisotopic (exact) mass is 457 g/mol. The van der Waals surface area contributed by atoms with Crippen molar-refractivity contribution in [2.24, 2.45) is 0 Å². The number of furan rings is 1. The number of hydrogen-bond donors (Lipinski definition) is 1. The maximum absolute atomic E-state index is 11.9. The molecular formula is C19H24BrNO5S. The molecule has 1 aliphatic heterocycles. The first-order valence-corrected chi connectivity index (χ1v) is 11.5. The number of ether oxygens (including phenoxy) is 1. The number of aliphatic hydroxyl groups is 1. The first-order chi connectivity index (χ1) is 12.8. The van der Waals surface area contributed by atoms with Crippen LogP contribution in [0.4, 0.5) is 0 Å². The molecule has 27 heavy (non-hydrogen) atoms. The lowest BCUT2D eigenvalue weighted by Crippen LogP contribution is -2.42. The molecule has 148 valence electrons. The van der Waals surface area contributed by atoms with Gasteiger partial charge in [-0.15, -0.1) is 0 Å². The first-order valence-electron chi connectivity index (χ1n) is 8.87. The number of aryl methyl sites for hydroxylation is 1. The van der Waals surface area contributed by atoms with Gasteiger partial charge in [0.15, 0.2) is 14.5 Å². The minimum atomic E-state index is -3.02. The zero-order valence-electron chi connectivity index (χ0n) is 15.2. The summed E-state index contributed by atoms with van der Waals surface area (Å²) < 4.78 is 35.7. The molecule has 1 N–H and O–H groups in total. The molecule has 1 fully saturated rings. The summed E-state index contributed by atoms with van der Waals surface area (Å²) in [7, 11) is -3.02. The predicted octanol–water partition coefficient (Wildman–Crippen LogP) is 2.78. The molecule has 1 aromatic carbocycles. The van der Waals surface area contributed by atoms with Crippen molar-refractivity contribution in [2.45, 2.75) is 32.0 Å². The lowest BCUT2D eigenvalue weighted by Gasteiger charge is -2.29. The summed E-state index contributed by atoms with van der Waals surface area (Å²) >= 11 is 3.28. The highest BCUT2D eigenvalue weighted by Gasteiger charge is 2.33. The Morgan fingerprint density at radius 3 is 2.74 bits per heavy atom. The van der Waals surface area contributed by atoms with Crippen molar-refractivity contribution in [1.82, 2.24) is 4.90 Å². The zero-order valence-corrected chi connectivity index (χ0v) is 17.6. The molecule has 6 nitrogen and oxygen atoms in total. The van der Waals surface area contributed by atoms with Gasteiger partial charge in [0.25, 0.3) is 0 Å². The normalized spacial score (nSPS) is 20.1. The molecule has 2 atom stereocenters. The molecule has 0 bridgehead atoms. The molecule has 0 radical (unpaired) electrons. The van der Waals surface area contributed by atoms with Crippen molar-refractivity contribution in [2.75, 3.05) is 24.7 Å². The lowest BCUT2D eigenvalue weighted by atomic mass is 10.2. The Balaban J connectivity index is 1.64. The van der Waals surface area contributed by atoms with E-state index in [-0.39, 0.29) is 24.2 Å². The van der Waals surface area contributed by atoms with E-state index >= 15 is 0 Å². The maximum Gasteiger partial charge on any atom is 0.169 e. The van der Waals surface area contributed by atoms with E-state index in [1.807, 2.05) is 42.2 Å². The summed E-state index contributed by atoms with van der Waals surface area (Å²) in [5.74, 6) is 1.76. The van der Waals surface area contributed by atoms with Crippen molar-refractivity contribution >= 4 is 25.8 Å². The minimum absolute atomic E-state index is 0.111. The van der Waals surface area contributed by atoms with Crippen LogP contribution in [0.25, 0.3) is 0 Å². The lowest BCUT2D eigenvalue weighted by molar-refractivity contribution is 0.0494. The molecule has 1 aromatic heterocycles. The van der Waals surface area contributed by atoms with Gasteiger partial charge < -0.3 is 14.3 Å². The van der Waals surface area contributed by atoms with Crippen LogP contribution in [0, 0.1) is 6.92 Å². The highest BCUT2D eigenvalue weighted by atomic mass is 79.9. The molecular weight excluding hydrogens is 434 g/mol. The SMILES string of the molecule is Cc1ccccc1OCC(O)CN(Cc1ccc(Br)o1)C1CCS(=O)(=O)C1. The Kier molecular flexibility index (Phi) is 6.62. The molecule has 0 spiro atoms. The van der Waals surface area contributed by atoms with E-state index < -0.39 is 15.9 Å². The van der Waals surface area contributed by atoms with Gasteiger partial charge in [-0.05, 0) is 53.0 Å². The van der Waals surface area contributed by atoms with Gasteiger partial charge in [-0.2, -0.15) is 0 Å². The van der Waals surface area contributed by atoms with Crippen molar-refractivity contribution < 1.29 is 22.7 Å². The highest BCUT2D eigenvalue weighted by Crippen LogP contribution is 2.23. The topological polar surface area (TPSA) is 80.0 Å². The molecule has 1 aliphatic rings. The van der Waals surface area contributed by atoms with Crippen LogP contribution >= 0.6 is 15.9 Å². The van der Waals surface area contributed by atoms with E-state index in [0.717, 1.165) is 17.1 Å². The standard InChI is InChI=1S/C19H24BrNO5S/c1-14-4-2-3-5-18(14)25-12-16(22)10-21(11-17-6-7-19(20)26-17)15-8-9-27(23,24)13-15/h2-7,15-16,22H,8-13H2,1H3. The molecule has 2 heterocycles. The number of nitrogens with zero attached hydrogens (tertiary/aromatic N) is 1. The van der Waals surface area contributed by atoms with Gasteiger partial charge >= 0.3 is 0 Å². The average molecular weight is 458 g/mol. The molecule has 2 unspecified atom stereocenters. The predicted molar refractivity (Wildman–Crippen MR) is 107 cm³/mol. The fourth-order valence-corrected chi connectivity index (χ4v) is 5.37. The third-order valence-corrected chi connectivity index (χ3v) is 6.86. The van der Waals surface area contributed by atoms with Crippen LogP contribution in [0.2, 0.25) is 0 Å². The second-order valence-electron chi connectivity index (χ2n) is 6.92. The molecule has 0 aliphatic carbocycles. The van der Waals surface area contributed by atoms with Crippen LogP contribution in [-0.4, -0.2) is 55.2 Å². The van der Waals surface area contributed by atoms with Crippen LogP contribution in [-0.2, 0) is 16.4 Å². The number of hydrogen-bond acceptors (Lipinski definition) is 6. The molecule has 1 saturated heterocycles. The Bertz CT molecular complexity index is 866. The minimum Gasteiger partial charge on any atom is -0.491 e. The first kappa shape index (κ1) is 20.4. The maximum atomic E-state index is 11.9. The van der Waals surface area contributed by atoms with Crippen LogP contribution in [0.3, 0.4) is 0 Å². The van der Waals surface area contributed by atoms with Crippen molar-refractivity contribution in [3.05, 3.63) is 52.4 Å². The molecule has 3 rings (SSSR count). The van der Waals surface area contributed by atoms with Crippen molar-refractivity contribution in [3.63, 3.8) is 0 Å². The average Bonchev–Trinajstić information content (AvgIpc) is 3.18. The van der Waals surface area contributed by atoms with Crippen LogP contribution < -0.4 is 4.74 Å². The van der Waals surface area contributed by atoms with Gasteiger partial charge in [-0.1, -0.05) is 18.2 Å². The van der Waals surface area contributed by atoms with E-state index in [2.05, 4.69) is 15.9 Å². The fourth-order valence-electron chi connectivity index (χ4n) is 3.27. The van der Waals surface area contributed by atoms with E-state index in [1.165, 1.54) is 0 Å².